The molecule has 1 aliphatic rings. The molecule has 1 amide bonds. The van der Waals surface area contributed by atoms with Crippen molar-refractivity contribution in [2.45, 2.75) is 19.9 Å². The summed E-state index contributed by atoms with van der Waals surface area (Å²) in [6, 6.07) is 9.56. The van der Waals surface area contributed by atoms with E-state index in [1.807, 2.05) is 41.4 Å². The first-order chi connectivity index (χ1) is 13.2. The van der Waals surface area contributed by atoms with E-state index in [-0.39, 0.29) is 5.91 Å². The minimum absolute atomic E-state index is 0.0258. The van der Waals surface area contributed by atoms with Crippen LogP contribution < -0.4 is 9.64 Å². The van der Waals surface area contributed by atoms with Crippen molar-refractivity contribution in [1.82, 2.24) is 9.88 Å². The molecule has 27 heavy (non-hydrogen) atoms. The van der Waals surface area contributed by atoms with Crippen molar-refractivity contribution in [3.63, 3.8) is 0 Å². The molecule has 0 radical (unpaired) electrons. The second-order valence-electron chi connectivity index (χ2n) is 6.57. The predicted octanol–water partition coefficient (Wildman–Crippen LogP) is 2.98. The van der Waals surface area contributed by atoms with Gasteiger partial charge in [0.1, 0.15) is 5.75 Å². The molecular formula is C21H27N3O3. The van der Waals surface area contributed by atoms with Crippen LogP contribution in [0.2, 0.25) is 0 Å². The van der Waals surface area contributed by atoms with Gasteiger partial charge in [0.05, 0.1) is 26.0 Å². The molecule has 6 heteroatoms. The van der Waals surface area contributed by atoms with Crippen LogP contribution in [0.15, 0.2) is 42.7 Å². The number of morpholine rings is 1. The number of rotatable bonds is 7. The van der Waals surface area contributed by atoms with Crippen LogP contribution in [-0.4, -0.2) is 55.7 Å². The first kappa shape index (κ1) is 19.2. The van der Waals surface area contributed by atoms with Crippen molar-refractivity contribution in [1.29, 1.82) is 0 Å². The summed E-state index contributed by atoms with van der Waals surface area (Å²) in [7, 11) is 1.66. The second kappa shape index (κ2) is 9.37. The summed E-state index contributed by atoms with van der Waals surface area (Å²) in [5.74, 6) is 0.806. The molecule has 2 aromatic rings. The Labute approximate surface area is 160 Å². The van der Waals surface area contributed by atoms with Gasteiger partial charge in [0.15, 0.2) is 0 Å². The Morgan fingerprint density at radius 2 is 2.11 bits per heavy atom. The van der Waals surface area contributed by atoms with Crippen molar-refractivity contribution in [3.8, 4) is 5.75 Å². The topological polar surface area (TPSA) is 54.9 Å². The third kappa shape index (κ3) is 4.77. The quantitative estimate of drug-likeness (QED) is 0.751. The van der Waals surface area contributed by atoms with Gasteiger partial charge in [-0.3, -0.25) is 9.78 Å². The fourth-order valence-corrected chi connectivity index (χ4v) is 3.29. The molecular weight excluding hydrogens is 342 g/mol. The number of ether oxygens (including phenoxy) is 2. The maximum atomic E-state index is 13.2. The number of hydrogen-bond acceptors (Lipinski definition) is 5. The standard InChI is InChI=1S/C21H27N3O3/c1-3-9-24(16-17-5-4-8-22-15-17)21(25)18-6-7-20(26-2)19(14-18)23-10-12-27-13-11-23/h4-8,14-15H,3,9-13,16H2,1-2H3. The first-order valence-corrected chi connectivity index (χ1v) is 9.42. The van der Waals surface area contributed by atoms with Crippen LogP contribution in [0.4, 0.5) is 5.69 Å². The zero-order valence-corrected chi connectivity index (χ0v) is 16.1. The molecule has 0 N–H and O–H groups in total. The van der Waals surface area contributed by atoms with Crippen LogP contribution in [0.5, 0.6) is 5.75 Å². The molecule has 1 aromatic carbocycles. The van der Waals surface area contributed by atoms with Crippen LogP contribution in [0.3, 0.4) is 0 Å². The number of nitrogens with zero attached hydrogens (tertiary/aromatic N) is 3. The van der Waals surface area contributed by atoms with Gasteiger partial charge in [0, 0.05) is 44.1 Å². The Bertz CT molecular complexity index is 746. The van der Waals surface area contributed by atoms with Gasteiger partial charge in [-0.05, 0) is 36.2 Å². The maximum absolute atomic E-state index is 13.2. The average molecular weight is 369 g/mol. The Balaban J connectivity index is 1.84. The Hall–Kier alpha value is -2.60. The molecule has 3 rings (SSSR count). The lowest BCUT2D eigenvalue weighted by molar-refractivity contribution is 0.0743. The second-order valence-corrected chi connectivity index (χ2v) is 6.57. The van der Waals surface area contributed by atoms with E-state index in [9.17, 15) is 4.79 Å². The Kier molecular flexibility index (Phi) is 6.65. The highest BCUT2D eigenvalue weighted by Gasteiger charge is 2.21. The monoisotopic (exact) mass is 369 g/mol. The van der Waals surface area contributed by atoms with Crippen molar-refractivity contribution < 1.29 is 14.3 Å². The van der Waals surface area contributed by atoms with E-state index < -0.39 is 0 Å². The maximum Gasteiger partial charge on any atom is 0.254 e. The highest BCUT2D eigenvalue weighted by atomic mass is 16.5. The molecule has 1 fully saturated rings. The van der Waals surface area contributed by atoms with Gasteiger partial charge in [0.2, 0.25) is 0 Å². The molecule has 144 valence electrons. The summed E-state index contributed by atoms with van der Waals surface area (Å²) < 4.78 is 11.0. The third-order valence-corrected chi connectivity index (χ3v) is 4.65. The molecule has 2 heterocycles. The average Bonchev–Trinajstić information content (AvgIpc) is 2.74. The largest absolute Gasteiger partial charge is 0.495 e. The summed E-state index contributed by atoms with van der Waals surface area (Å²) in [6.45, 7) is 6.29. The molecule has 6 nitrogen and oxygen atoms in total. The Morgan fingerprint density at radius 1 is 1.30 bits per heavy atom. The zero-order valence-electron chi connectivity index (χ0n) is 16.1. The van der Waals surface area contributed by atoms with Crippen LogP contribution in [0, 0.1) is 0 Å². The minimum Gasteiger partial charge on any atom is -0.495 e. The summed E-state index contributed by atoms with van der Waals surface area (Å²) in [5, 5.41) is 0. The lowest BCUT2D eigenvalue weighted by atomic mass is 10.1. The number of anilines is 1. The molecule has 1 saturated heterocycles. The highest BCUT2D eigenvalue weighted by Crippen LogP contribution is 2.30. The van der Waals surface area contributed by atoms with Crippen molar-refractivity contribution in [2.75, 3.05) is 44.9 Å². The number of hydrogen-bond donors (Lipinski definition) is 0. The molecule has 1 aromatic heterocycles. The molecule has 0 spiro atoms. The summed E-state index contributed by atoms with van der Waals surface area (Å²) in [6.07, 6.45) is 4.45. The van der Waals surface area contributed by atoms with E-state index in [0.717, 1.165) is 36.5 Å². The van der Waals surface area contributed by atoms with E-state index in [1.54, 1.807) is 13.3 Å². The van der Waals surface area contributed by atoms with E-state index in [1.165, 1.54) is 0 Å². The van der Waals surface area contributed by atoms with Gasteiger partial charge >= 0.3 is 0 Å². The number of pyridine rings is 1. The third-order valence-electron chi connectivity index (χ3n) is 4.65. The number of carbonyl (C=O) groups is 1. The van der Waals surface area contributed by atoms with Crippen molar-refractivity contribution in [3.05, 3.63) is 53.9 Å². The van der Waals surface area contributed by atoms with Crippen molar-refractivity contribution >= 4 is 11.6 Å². The number of carbonyl (C=O) groups excluding carboxylic acids is 1. The molecule has 1 aliphatic heterocycles. The van der Waals surface area contributed by atoms with Gasteiger partial charge in [-0.1, -0.05) is 13.0 Å². The molecule has 0 bridgehead atoms. The minimum atomic E-state index is 0.0258. The fraction of sp³-hybridized carbons (Fsp3) is 0.429. The van der Waals surface area contributed by atoms with Crippen LogP contribution in [-0.2, 0) is 11.3 Å². The normalized spacial score (nSPS) is 14.1. The molecule has 0 saturated carbocycles. The molecule has 0 aliphatic carbocycles. The summed E-state index contributed by atoms with van der Waals surface area (Å²) in [4.78, 5) is 21.4. The van der Waals surface area contributed by atoms with E-state index in [4.69, 9.17) is 9.47 Å². The lowest BCUT2D eigenvalue weighted by Crippen LogP contribution is -2.37. The van der Waals surface area contributed by atoms with Gasteiger partial charge in [-0.25, -0.2) is 0 Å². The van der Waals surface area contributed by atoms with E-state index in [0.29, 0.717) is 31.9 Å². The number of benzene rings is 1. The van der Waals surface area contributed by atoms with E-state index >= 15 is 0 Å². The SMILES string of the molecule is CCCN(Cc1cccnc1)C(=O)c1ccc(OC)c(N2CCOCC2)c1. The zero-order chi connectivity index (χ0) is 19.1. The van der Waals surface area contributed by atoms with Gasteiger partial charge in [-0.15, -0.1) is 0 Å². The van der Waals surface area contributed by atoms with E-state index in [2.05, 4.69) is 16.8 Å². The summed E-state index contributed by atoms with van der Waals surface area (Å²) >= 11 is 0. The number of amides is 1. The smallest absolute Gasteiger partial charge is 0.254 e. The number of aromatic nitrogens is 1. The van der Waals surface area contributed by atoms with Crippen LogP contribution in [0.25, 0.3) is 0 Å². The van der Waals surface area contributed by atoms with Crippen molar-refractivity contribution in [2.24, 2.45) is 0 Å². The first-order valence-electron chi connectivity index (χ1n) is 9.42. The van der Waals surface area contributed by atoms with Gasteiger partial charge in [0.25, 0.3) is 5.91 Å². The number of methoxy groups -OCH3 is 1. The predicted molar refractivity (Wildman–Crippen MR) is 105 cm³/mol. The summed E-state index contributed by atoms with van der Waals surface area (Å²) in [5.41, 5.74) is 2.65. The molecule has 0 unspecified atom stereocenters. The van der Waals surface area contributed by atoms with Gasteiger partial charge in [-0.2, -0.15) is 0 Å². The van der Waals surface area contributed by atoms with Crippen LogP contribution in [0.1, 0.15) is 29.3 Å². The lowest BCUT2D eigenvalue weighted by Gasteiger charge is -2.30. The van der Waals surface area contributed by atoms with Crippen LogP contribution >= 0.6 is 0 Å². The molecule has 0 atom stereocenters. The highest BCUT2D eigenvalue weighted by molar-refractivity contribution is 5.95. The Morgan fingerprint density at radius 3 is 2.78 bits per heavy atom. The fourth-order valence-electron chi connectivity index (χ4n) is 3.29. The van der Waals surface area contributed by atoms with Gasteiger partial charge < -0.3 is 19.3 Å².